The maximum Gasteiger partial charge on any atom is 0.222 e. The van der Waals surface area contributed by atoms with Gasteiger partial charge in [0.1, 0.15) is 0 Å². The van der Waals surface area contributed by atoms with Crippen molar-refractivity contribution in [2.45, 2.75) is 38.5 Å². The minimum Gasteiger partial charge on any atom is -0.341 e. The number of nitriles is 2. The first-order valence-corrected chi connectivity index (χ1v) is 7.00. The first kappa shape index (κ1) is 15.5. The predicted molar refractivity (Wildman–Crippen MR) is 71.9 cm³/mol. The number of nitrogens with zero attached hydrogens (tertiary/aromatic N) is 3. The van der Waals surface area contributed by atoms with Crippen molar-refractivity contribution in [2.75, 3.05) is 26.2 Å². The number of hydrogen-bond donors (Lipinski definition) is 1. The van der Waals surface area contributed by atoms with E-state index >= 15 is 0 Å². The van der Waals surface area contributed by atoms with E-state index in [1.807, 2.05) is 12.1 Å². The van der Waals surface area contributed by atoms with E-state index < -0.39 is 0 Å². The number of amides is 1. The van der Waals surface area contributed by atoms with Gasteiger partial charge in [0, 0.05) is 19.5 Å². The van der Waals surface area contributed by atoms with Crippen molar-refractivity contribution < 1.29 is 4.79 Å². The highest BCUT2D eigenvalue weighted by Crippen LogP contribution is 2.18. The van der Waals surface area contributed by atoms with Crippen LogP contribution in [0.4, 0.5) is 0 Å². The number of piperidine rings is 1. The van der Waals surface area contributed by atoms with Crippen molar-refractivity contribution in [1.29, 1.82) is 10.5 Å². The number of carbonyl (C=O) groups is 1. The van der Waals surface area contributed by atoms with Gasteiger partial charge in [-0.2, -0.15) is 10.5 Å². The van der Waals surface area contributed by atoms with E-state index in [1.54, 1.807) is 4.90 Å². The summed E-state index contributed by atoms with van der Waals surface area (Å²) in [7, 11) is 0. The van der Waals surface area contributed by atoms with E-state index in [1.165, 1.54) is 0 Å². The topological polar surface area (TPSA) is 79.9 Å². The van der Waals surface area contributed by atoms with Crippen molar-refractivity contribution in [2.24, 2.45) is 5.92 Å². The summed E-state index contributed by atoms with van der Waals surface area (Å²) in [6.45, 7) is 2.99. The van der Waals surface area contributed by atoms with Crippen LogP contribution in [-0.2, 0) is 4.79 Å². The van der Waals surface area contributed by atoms with Gasteiger partial charge in [0.25, 0.3) is 0 Å². The molecule has 0 saturated carbocycles. The highest BCUT2D eigenvalue weighted by molar-refractivity contribution is 5.76. The molecule has 1 N–H and O–H groups in total. The number of rotatable bonds is 7. The molecule has 104 valence electrons. The average Bonchev–Trinajstić information content (AvgIpc) is 2.46. The number of carbonyl (C=O) groups excluding carboxylic acids is 1. The molecule has 0 bridgehead atoms. The van der Waals surface area contributed by atoms with Crippen LogP contribution in [0.2, 0.25) is 0 Å². The fourth-order valence-corrected chi connectivity index (χ4v) is 2.39. The second kappa shape index (κ2) is 9.35. The molecule has 1 saturated heterocycles. The fourth-order valence-electron chi connectivity index (χ4n) is 2.39. The van der Waals surface area contributed by atoms with Crippen molar-refractivity contribution in [3.63, 3.8) is 0 Å². The third-order valence-electron chi connectivity index (χ3n) is 3.56. The Morgan fingerprint density at radius 3 is 2.26 bits per heavy atom. The van der Waals surface area contributed by atoms with Crippen LogP contribution in [0.3, 0.4) is 0 Å². The maximum atomic E-state index is 12.1. The quantitative estimate of drug-likeness (QED) is 0.752. The summed E-state index contributed by atoms with van der Waals surface area (Å²) < 4.78 is 0. The molecule has 0 atom stereocenters. The number of hydrogen-bond acceptors (Lipinski definition) is 4. The smallest absolute Gasteiger partial charge is 0.222 e. The zero-order valence-corrected chi connectivity index (χ0v) is 11.4. The highest BCUT2D eigenvalue weighted by atomic mass is 16.2. The van der Waals surface area contributed by atoms with Gasteiger partial charge >= 0.3 is 0 Å². The average molecular weight is 262 g/mol. The molecule has 0 aromatic heterocycles. The van der Waals surface area contributed by atoms with Gasteiger partial charge in [-0.05, 0) is 38.3 Å². The Morgan fingerprint density at radius 1 is 1.16 bits per heavy atom. The standard InChI is InChI=1S/C14H22N4O/c15-7-1-11-18(12-2-8-16)14(19)4-3-13-5-9-17-10-6-13/h13,17H,1-6,9-12H2. The van der Waals surface area contributed by atoms with E-state index in [9.17, 15) is 4.79 Å². The third-order valence-corrected chi connectivity index (χ3v) is 3.56. The molecule has 1 amide bonds. The lowest BCUT2D eigenvalue weighted by atomic mass is 9.93. The maximum absolute atomic E-state index is 12.1. The number of nitrogens with one attached hydrogen (secondary N) is 1. The Kier molecular flexibility index (Phi) is 7.62. The molecule has 19 heavy (non-hydrogen) atoms. The molecule has 1 rings (SSSR count). The van der Waals surface area contributed by atoms with Crippen LogP contribution in [0.15, 0.2) is 0 Å². The van der Waals surface area contributed by atoms with Crippen LogP contribution >= 0.6 is 0 Å². The van der Waals surface area contributed by atoms with Crippen LogP contribution in [-0.4, -0.2) is 37.0 Å². The monoisotopic (exact) mass is 262 g/mol. The highest BCUT2D eigenvalue weighted by Gasteiger charge is 2.17. The van der Waals surface area contributed by atoms with E-state index in [-0.39, 0.29) is 5.91 Å². The van der Waals surface area contributed by atoms with Crippen molar-refractivity contribution in [3.8, 4) is 12.1 Å². The summed E-state index contributed by atoms with van der Waals surface area (Å²) in [6, 6.07) is 4.10. The van der Waals surface area contributed by atoms with Gasteiger partial charge in [0.15, 0.2) is 0 Å². The normalized spacial score (nSPS) is 15.5. The largest absolute Gasteiger partial charge is 0.341 e. The molecule has 0 aromatic carbocycles. The zero-order chi connectivity index (χ0) is 13.9. The summed E-state index contributed by atoms with van der Waals surface area (Å²) in [4.78, 5) is 13.7. The third kappa shape index (κ3) is 6.22. The van der Waals surface area contributed by atoms with Gasteiger partial charge in [0.05, 0.1) is 25.0 Å². The van der Waals surface area contributed by atoms with Crippen molar-refractivity contribution in [3.05, 3.63) is 0 Å². The molecular formula is C14H22N4O. The molecule has 0 radical (unpaired) electrons. The Hall–Kier alpha value is -1.59. The lowest BCUT2D eigenvalue weighted by Gasteiger charge is -2.24. The van der Waals surface area contributed by atoms with Gasteiger partial charge in [-0.15, -0.1) is 0 Å². The Bertz CT molecular complexity index is 331. The van der Waals surface area contributed by atoms with Crippen molar-refractivity contribution in [1.82, 2.24) is 10.2 Å². The lowest BCUT2D eigenvalue weighted by molar-refractivity contribution is -0.131. The second-order valence-electron chi connectivity index (χ2n) is 4.93. The summed E-state index contributed by atoms with van der Waals surface area (Å²) in [5.41, 5.74) is 0. The summed E-state index contributed by atoms with van der Waals surface area (Å²) >= 11 is 0. The molecular weight excluding hydrogens is 240 g/mol. The van der Waals surface area contributed by atoms with Gasteiger partial charge in [0.2, 0.25) is 5.91 Å². The van der Waals surface area contributed by atoms with E-state index in [0.717, 1.165) is 32.4 Å². The first-order valence-electron chi connectivity index (χ1n) is 7.00. The van der Waals surface area contributed by atoms with Crippen molar-refractivity contribution >= 4 is 5.91 Å². The molecule has 0 aliphatic carbocycles. The minimum atomic E-state index is 0.0871. The van der Waals surface area contributed by atoms with Crippen LogP contribution < -0.4 is 5.32 Å². The lowest BCUT2D eigenvalue weighted by Crippen LogP contribution is -2.34. The van der Waals surface area contributed by atoms with E-state index in [4.69, 9.17) is 10.5 Å². The Morgan fingerprint density at radius 2 is 1.74 bits per heavy atom. The summed E-state index contributed by atoms with van der Waals surface area (Å²) in [5.74, 6) is 0.725. The van der Waals surface area contributed by atoms with Gasteiger partial charge in [-0.3, -0.25) is 4.79 Å². The summed E-state index contributed by atoms with van der Waals surface area (Å²) in [6.07, 6.45) is 4.43. The van der Waals surface area contributed by atoms with E-state index in [0.29, 0.717) is 38.3 Å². The molecule has 1 aliphatic rings. The van der Waals surface area contributed by atoms with Crippen LogP contribution in [0.25, 0.3) is 0 Å². The van der Waals surface area contributed by atoms with E-state index in [2.05, 4.69) is 5.32 Å². The van der Waals surface area contributed by atoms with Gasteiger partial charge < -0.3 is 10.2 Å². The molecule has 1 heterocycles. The Balaban J connectivity index is 2.33. The molecule has 1 aliphatic heterocycles. The Labute approximate surface area is 115 Å². The van der Waals surface area contributed by atoms with Gasteiger partial charge in [-0.25, -0.2) is 0 Å². The predicted octanol–water partition coefficient (Wildman–Crippen LogP) is 1.42. The molecule has 5 heteroatoms. The van der Waals surface area contributed by atoms with Crippen LogP contribution in [0.1, 0.15) is 38.5 Å². The SMILES string of the molecule is N#CCCN(CCC#N)C(=O)CCC1CCNCC1. The fraction of sp³-hybridized carbons (Fsp3) is 0.786. The minimum absolute atomic E-state index is 0.0871. The molecule has 0 spiro atoms. The molecule has 5 nitrogen and oxygen atoms in total. The summed E-state index contributed by atoms with van der Waals surface area (Å²) in [5, 5.41) is 20.5. The zero-order valence-electron chi connectivity index (χ0n) is 11.4. The van der Waals surface area contributed by atoms with Gasteiger partial charge in [-0.1, -0.05) is 0 Å². The molecule has 0 unspecified atom stereocenters. The van der Waals surface area contributed by atoms with Crippen LogP contribution in [0, 0.1) is 28.6 Å². The molecule has 0 aromatic rings. The molecule has 1 fully saturated rings. The van der Waals surface area contributed by atoms with Crippen LogP contribution in [0.5, 0.6) is 0 Å². The first-order chi connectivity index (χ1) is 9.27. The second-order valence-corrected chi connectivity index (χ2v) is 4.93.